The van der Waals surface area contributed by atoms with Crippen molar-refractivity contribution in [2.75, 3.05) is 6.61 Å². The number of esters is 1. The quantitative estimate of drug-likeness (QED) is 0.456. The molecule has 5 nitrogen and oxygen atoms in total. The summed E-state index contributed by atoms with van der Waals surface area (Å²) in [6.07, 6.45) is 4.25. The van der Waals surface area contributed by atoms with E-state index in [1.807, 2.05) is 0 Å². The van der Waals surface area contributed by atoms with Crippen LogP contribution in [-0.4, -0.2) is 30.4 Å². The first-order valence-corrected chi connectivity index (χ1v) is 6.36. The van der Waals surface area contributed by atoms with Gasteiger partial charge in [-0.1, -0.05) is 11.6 Å². The SMILES string of the molecule is CCOC(=O)C(C=C1CCCC(N)C1N)C(C)=O.Cl. The van der Waals surface area contributed by atoms with Crippen molar-refractivity contribution < 1.29 is 14.3 Å². The van der Waals surface area contributed by atoms with Crippen molar-refractivity contribution in [3.05, 3.63) is 11.6 Å². The fraction of sp³-hybridized carbons (Fsp3) is 0.692. The summed E-state index contributed by atoms with van der Waals surface area (Å²) in [5.74, 6) is -1.59. The standard InChI is InChI=1S/C13H22N2O3.ClH/c1-3-18-13(17)10(8(2)16)7-9-5-4-6-11(14)12(9)15;/h7,10-12H,3-6,14-15H2,1-2H3;1H. The zero-order valence-corrected chi connectivity index (χ0v) is 12.2. The Morgan fingerprint density at radius 3 is 2.63 bits per heavy atom. The van der Waals surface area contributed by atoms with E-state index in [1.54, 1.807) is 13.0 Å². The summed E-state index contributed by atoms with van der Waals surface area (Å²) in [5, 5.41) is 0. The van der Waals surface area contributed by atoms with Crippen LogP contribution in [0.5, 0.6) is 0 Å². The molecule has 1 saturated carbocycles. The van der Waals surface area contributed by atoms with E-state index in [-0.39, 0.29) is 36.9 Å². The lowest BCUT2D eigenvalue weighted by atomic mass is 9.84. The van der Waals surface area contributed by atoms with E-state index in [9.17, 15) is 9.59 Å². The van der Waals surface area contributed by atoms with Crippen LogP contribution in [0.1, 0.15) is 33.1 Å². The molecule has 1 aliphatic carbocycles. The Balaban J connectivity index is 0.00000324. The second-order valence-electron chi connectivity index (χ2n) is 4.66. The van der Waals surface area contributed by atoms with Gasteiger partial charge in [-0.3, -0.25) is 9.59 Å². The molecule has 6 heteroatoms. The Hall–Kier alpha value is -0.910. The third kappa shape index (κ3) is 4.93. The van der Waals surface area contributed by atoms with Crippen LogP contribution in [0.2, 0.25) is 0 Å². The summed E-state index contributed by atoms with van der Waals surface area (Å²) in [5.41, 5.74) is 12.8. The molecule has 0 aromatic rings. The summed E-state index contributed by atoms with van der Waals surface area (Å²) in [7, 11) is 0. The van der Waals surface area contributed by atoms with Crippen molar-refractivity contribution in [2.45, 2.75) is 45.2 Å². The minimum Gasteiger partial charge on any atom is -0.465 e. The highest BCUT2D eigenvalue weighted by atomic mass is 35.5. The molecule has 0 heterocycles. The molecule has 0 aliphatic heterocycles. The highest BCUT2D eigenvalue weighted by molar-refractivity contribution is 5.99. The number of hydrogen-bond acceptors (Lipinski definition) is 5. The molecule has 110 valence electrons. The van der Waals surface area contributed by atoms with Gasteiger partial charge in [0.05, 0.1) is 6.61 Å². The maximum atomic E-state index is 11.7. The van der Waals surface area contributed by atoms with Crippen molar-refractivity contribution in [3.8, 4) is 0 Å². The van der Waals surface area contributed by atoms with Crippen LogP contribution in [0.3, 0.4) is 0 Å². The predicted molar refractivity (Wildman–Crippen MR) is 75.9 cm³/mol. The third-order valence-electron chi connectivity index (χ3n) is 3.25. The Morgan fingerprint density at radius 1 is 1.47 bits per heavy atom. The predicted octanol–water partition coefficient (Wildman–Crippen LogP) is 0.941. The summed E-state index contributed by atoms with van der Waals surface area (Å²) in [6.45, 7) is 3.36. The van der Waals surface area contributed by atoms with Crippen LogP contribution in [0.15, 0.2) is 11.6 Å². The van der Waals surface area contributed by atoms with Gasteiger partial charge in [0.25, 0.3) is 0 Å². The Morgan fingerprint density at radius 2 is 2.11 bits per heavy atom. The summed E-state index contributed by atoms with van der Waals surface area (Å²) >= 11 is 0. The van der Waals surface area contributed by atoms with Gasteiger partial charge in [-0.2, -0.15) is 0 Å². The Kier molecular flexibility index (Phi) is 7.90. The van der Waals surface area contributed by atoms with Crippen LogP contribution in [0, 0.1) is 5.92 Å². The fourth-order valence-electron chi connectivity index (χ4n) is 2.16. The van der Waals surface area contributed by atoms with E-state index in [0.717, 1.165) is 24.8 Å². The van der Waals surface area contributed by atoms with E-state index in [2.05, 4.69) is 0 Å². The maximum Gasteiger partial charge on any atom is 0.320 e. The van der Waals surface area contributed by atoms with E-state index in [1.165, 1.54) is 6.92 Å². The normalized spacial score (nSPS) is 26.4. The Bertz CT molecular complexity index is 358. The van der Waals surface area contributed by atoms with Gasteiger partial charge in [0.2, 0.25) is 0 Å². The highest BCUT2D eigenvalue weighted by Crippen LogP contribution is 2.23. The molecule has 0 amide bonds. The van der Waals surface area contributed by atoms with E-state index < -0.39 is 11.9 Å². The lowest BCUT2D eigenvalue weighted by molar-refractivity contribution is -0.149. The minimum atomic E-state index is -0.851. The summed E-state index contributed by atoms with van der Waals surface area (Å²) in [4.78, 5) is 23.2. The number of halogens is 1. The van der Waals surface area contributed by atoms with Gasteiger partial charge in [-0.15, -0.1) is 12.4 Å². The number of ether oxygens (including phenoxy) is 1. The smallest absolute Gasteiger partial charge is 0.320 e. The van der Waals surface area contributed by atoms with Gasteiger partial charge in [0.15, 0.2) is 0 Å². The lowest BCUT2D eigenvalue weighted by Gasteiger charge is -2.28. The second kappa shape index (κ2) is 8.30. The molecule has 0 radical (unpaired) electrons. The number of Topliss-reactive ketones (excluding diaryl/α,β-unsaturated/α-hetero) is 1. The van der Waals surface area contributed by atoms with Gasteiger partial charge in [0, 0.05) is 12.1 Å². The van der Waals surface area contributed by atoms with Crippen LogP contribution in [0.4, 0.5) is 0 Å². The van der Waals surface area contributed by atoms with Gasteiger partial charge in [-0.05, 0) is 33.1 Å². The molecule has 0 saturated heterocycles. The van der Waals surface area contributed by atoms with E-state index in [0.29, 0.717) is 0 Å². The van der Waals surface area contributed by atoms with Crippen molar-refractivity contribution in [3.63, 3.8) is 0 Å². The van der Waals surface area contributed by atoms with E-state index in [4.69, 9.17) is 16.2 Å². The largest absolute Gasteiger partial charge is 0.465 e. The zero-order valence-electron chi connectivity index (χ0n) is 11.4. The summed E-state index contributed by atoms with van der Waals surface area (Å²) in [6, 6.07) is -0.366. The number of hydrogen-bond donors (Lipinski definition) is 2. The number of carbonyl (C=O) groups is 2. The lowest BCUT2D eigenvalue weighted by Crippen LogP contribution is -2.45. The molecule has 0 spiro atoms. The molecule has 19 heavy (non-hydrogen) atoms. The first-order chi connectivity index (χ1) is 8.47. The molecule has 1 aliphatic rings. The van der Waals surface area contributed by atoms with Crippen molar-refractivity contribution in [2.24, 2.45) is 17.4 Å². The molecular formula is C13H23ClN2O3. The maximum absolute atomic E-state index is 11.7. The molecule has 4 N–H and O–H groups in total. The van der Waals surface area contributed by atoms with Crippen molar-refractivity contribution in [1.29, 1.82) is 0 Å². The average molecular weight is 291 g/mol. The first-order valence-electron chi connectivity index (χ1n) is 6.36. The van der Waals surface area contributed by atoms with Crippen LogP contribution < -0.4 is 11.5 Å². The molecule has 0 bridgehead atoms. The second-order valence-corrected chi connectivity index (χ2v) is 4.66. The fourth-order valence-corrected chi connectivity index (χ4v) is 2.16. The van der Waals surface area contributed by atoms with Gasteiger partial charge in [0.1, 0.15) is 11.7 Å². The number of carbonyl (C=O) groups excluding carboxylic acids is 2. The molecule has 1 fully saturated rings. The molecule has 3 unspecified atom stereocenters. The third-order valence-corrected chi connectivity index (χ3v) is 3.25. The number of rotatable bonds is 4. The molecule has 1 rings (SSSR count). The van der Waals surface area contributed by atoms with Gasteiger partial charge in [-0.25, -0.2) is 0 Å². The molecule has 3 atom stereocenters. The summed E-state index contributed by atoms with van der Waals surface area (Å²) < 4.78 is 4.89. The van der Waals surface area contributed by atoms with Crippen molar-refractivity contribution >= 4 is 24.2 Å². The number of nitrogens with two attached hydrogens (primary N) is 2. The monoisotopic (exact) mass is 290 g/mol. The average Bonchev–Trinajstić information content (AvgIpc) is 2.30. The van der Waals surface area contributed by atoms with E-state index >= 15 is 0 Å². The van der Waals surface area contributed by atoms with Gasteiger partial charge >= 0.3 is 5.97 Å². The van der Waals surface area contributed by atoms with Crippen molar-refractivity contribution in [1.82, 2.24) is 0 Å². The highest BCUT2D eigenvalue weighted by Gasteiger charge is 2.27. The number of ketones is 1. The zero-order chi connectivity index (χ0) is 13.7. The molecule has 0 aromatic heterocycles. The minimum absolute atomic E-state index is 0. The molecular weight excluding hydrogens is 268 g/mol. The van der Waals surface area contributed by atoms with Crippen LogP contribution in [-0.2, 0) is 14.3 Å². The molecule has 0 aromatic carbocycles. The van der Waals surface area contributed by atoms with Crippen LogP contribution in [0.25, 0.3) is 0 Å². The topological polar surface area (TPSA) is 95.4 Å². The van der Waals surface area contributed by atoms with Gasteiger partial charge < -0.3 is 16.2 Å². The Labute approximate surface area is 120 Å². The first kappa shape index (κ1) is 18.1. The van der Waals surface area contributed by atoms with Crippen LogP contribution >= 0.6 is 12.4 Å².